The van der Waals surface area contributed by atoms with Crippen LogP contribution in [0.4, 0.5) is 0 Å². The third-order valence-electron chi connectivity index (χ3n) is 4.05. The van der Waals surface area contributed by atoms with Crippen LogP contribution in [0.25, 0.3) is 0 Å². The molecule has 0 aromatic heterocycles. The number of benzene rings is 1. The van der Waals surface area contributed by atoms with Gasteiger partial charge in [0.2, 0.25) is 0 Å². The van der Waals surface area contributed by atoms with Gasteiger partial charge in [-0.05, 0) is 30.5 Å². The lowest BCUT2D eigenvalue weighted by Crippen LogP contribution is -2.36. The number of methoxy groups -OCH3 is 1. The van der Waals surface area contributed by atoms with E-state index in [1.807, 2.05) is 12.1 Å². The minimum atomic E-state index is 0.258. The van der Waals surface area contributed by atoms with Gasteiger partial charge in [0, 0.05) is 18.6 Å². The lowest BCUT2D eigenvalue weighted by molar-refractivity contribution is 0.400. The van der Waals surface area contributed by atoms with Crippen molar-refractivity contribution in [1.82, 2.24) is 5.32 Å². The molecule has 2 rings (SSSR count). The smallest absolute Gasteiger partial charge is 0.118 e. The lowest BCUT2D eigenvalue weighted by Gasteiger charge is -2.24. The fourth-order valence-electron chi connectivity index (χ4n) is 2.87. The van der Waals surface area contributed by atoms with Crippen LogP contribution in [-0.4, -0.2) is 19.7 Å². The predicted octanol–water partition coefficient (Wildman–Crippen LogP) is 3.01. The van der Waals surface area contributed by atoms with Gasteiger partial charge in [-0.1, -0.05) is 37.8 Å². The first-order chi connectivity index (χ1) is 9.33. The Balaban J connectivity index is 1.97. The highest BCUT2D eigenvalue weighted by Crippen LogP contribution is 2.22. The van der Waals surface area contributed by atoms with Crippen LogP contribution < -0.4 is 15.8 Å². The molecule has 1 saturated carbocycles. The molecule has 1 aliphatic carbocycles. The molecule has 1 unspecified atom stereocenters. The van der Waals surface area contributed by atoms with E-state index in [9.17, 15) is 0 Å². The van der Waals surface area contributed by atoms with Gasteiger partial charge < -0.3 is 15.8 Å². The molecule has 1 atom stereocenters. The lowest BCUT2D eigenvalue weighted by atomic mass is 10.0. The summed E-state index contributed by atoms with van der Waals surface area (Å²) in [6, 6.07) is 9.12. The van der Waals surface area contributed by atoms with Crippen molar-refractivity contribution in [2.24, 2.45) is 5.73 Å². The first kappa shape index (κ1) is 14.4. The van der Waals surface area contributed by atoms with Crippen LogP contribution in [0.2, 0.25) is 0 Å². The van der Waals surface area contributed by atoms with Gasteiger partial charge in [0.15, 0.2) is 0 Å². The van der Waals surface area contributed by atoms with E-state index >= 15 is 0 Å². The van der Waals surface area contributed by atoms with Gasteiger partial charge in [-0.25, -0.2) is 0 Å². The molecule has 0 radical (unpaired) electrons. The van der Waals surface area contributed by atoms with Crippen LogP contribution in [0.5, 0.6) is 5.75 Å². The summed E-state index contributed by atoms with van der Waals surface area (Å²) in [5, 5.41) is 3.73. The number of hydrogen-bond acceptors (Lipinski definition) is 3. The molecule has 0 saturated heterocycles. The summed E-state index contributed by atoms with van der Waals surface area (Å²) in [6.45, 7) is 0.642. The average molecular weight is 262 g/mol. The van der Waals surface area contributed by atoms with Gasteiger partial charge in [-0.2, -0.15) is 0 Å². The van der Waals surface area contributed by atoms with Crippen LogP contribution in [-0.2, 0) is 0 Å². The maximum absolute atomic E-state index is 5.94. The third kappa shape index (κ3) is 4.22. The monoisotopic (exact) mass is 262 g/mol. The summed E-state index contributed by atoms with van der Waals surface area (Å²) in [4.78, 5) is 0. The van der Waals surface area contributed by atoms with Crippen molar-refractivity contribution in [2.45, 2.75) is 50.6 Å². The van der Waals surface area contributed by atoms with Gasteiger partial charge in [0.25, 0.3) is 0 Å². The zero-order chi connectivity index (χ0) is 13.5. The zero-order valence-corrected chi connectivity index (χ0v) is 11.9. The van der Waals surface area contributed by atoms with E-state index in [-0.39, 0.29) is 6.04 Å². The molecular weight excluding hydrogens is 236 g/mol. The van der Waals surface area contributed by atoms with Crippen LogP contribution >= 0.6 is 0 Å². The molecule has 0 spiro atoms. The molecule has 1 aliphatic rings. The Morgan fingerprint density at radius 1 is 1.16 bits per heavy atom. The van der Waals surface area contributed by atoms with Crippen LogP contribution in [0.15, 0.2) is 24.3 Å². The molecule has 0 aliphatic heterocycles. The fraction of sp³-hybridized carbons (Fsp3) is 0.625. The molecule has 1 fully saturated rings. The van der Waals surface area contributed by atoms with Crippen molar-refractivity contribution in [1.29, 1.82) is 0 Å². The molecule has 3 heteroatoms. The Bertz CT molecular complexity index is 356. The van der Waals surface area contributed by atoms with E-state index < -0.39 is 0 Å². The highest BCUT2D eigenvalue weighted by atomic mass is 16.5. The number of rotatable bonds is 5. The van der Waals surface area contributed by atoms with E-state index in [4.69, 9.17) is 10.5 Å². The number of nitrogens with two attached hydrogens (primary N) is 1. The van der Waals surface area contributed by atoms with Crippen molar-refractivity contribution < 1.29 is 4.74 Å². The van der Waals surface area contributed by atoms with Crippen LogP contribution in [0.3, 0.4) is 0 Å². The topological polar surface area (TPSA) is 47.3 Å². The Morgan fingerprint density at radius 3 is 2.32 bits per heavy atom. The average Bonchev–Trinajstić information content (AvgIpc) is 2.73. The quantitative estimate of drug-likeness (QED) is 0.802. The highest BCUT2D eigenvalue weighted by molar-refractivity contribution is 5.29. The van der Waals surface area contributed by atoms with Crippen molar-refractivity contribution in [3.8, 4) is 5.75 Å². The summed E-state index contributed by atoms with van der Waals surface area (Å²) >= 11 is 0. The van der Waals surface area contributed by atoms with Crippen LogP contribution in [0.1, 0.15) is 50.1 Å². The van der Waals surface area contributed by atoms with Crippen molar-refractivity contribution >= 4 is 0 Å². The van der Waals surface area contributed by atoms with Gasteiger partial charge >= 0.3 is 0 Å². The molecule has 0 heterocycles. The molecule has 0 bridgehead atoms. The Kier molecular flexibility index (Phi) is 5.67. The predicted molar refractivity (Wildman–Crippen MR) is 79.4 cm³/mol. The second kappa shape index (κ2) is 7.51. The summed E-state index contributed by atoms with van der Waals surface area (Å²) in [6.07, 6.45) is 8.02. The molecular formula is C16H26N2O. The molecule has 0 amide bonds. The number of hydrogen-bond donors (Lipinski definition) is 2. The first-order valence-electron chi connectivity index (χ1n) is 7.43. The molecule has 19 heavy (non-hydrogen) atoms. The van der Waals surface area contributed by atoms with Crippen molar-refractivity contribution in [3.63, 3.8) is 0 Å². The Labute approximate surface area is 116 Å². The van der Waals surface area contributed by atoms with E-state index in [1.54, 1.807) is 7.11 Å². The van der Waals surface area contributed by atoms with Crippen molar-refractivity contribution in [3.05, 3.63) is 29.8 Å². The first-order valence-corrected chi connectivity index (χ1v) is 7.43. The zero-order valence-electron chi connectivity index (χ0n) is 11.9. The summed E-state index contributed by atoms with van der Waals surface area (Å²) in [7, 11) is 1.69. The van der Waals surface area contributed by atoms with Gasteiger partial charge in [-0.3, -0.25) is 0 Å². The van der Waals surface area contributed by atoms with Crippen LogP contribution in [0, 0.1) is 0 Å². The van der Waals surface area contributed by atoms with Gasteiger partial charge in [0.05, 0.1) is 7.11 Å². The minimum Gasteiger partial charge on any atom is -0.497 e. The Hall–Kier alpha value is -1.06. The molecule has 1 aromatic carbocycles. The van der Waals surface area contributed by atoms with Gasteiger partial charge in [-0.15, -0.1) is 0 Å². The van der Waals surface area contributed by atoms with E-state index in [1.165, 1.54) is 44.1 Å². The minimum absolute atomic E-state index is 0.258. The highest BCUT2D eigenvalue weighted by Gasteiger charge is 2.17. The largest absolute Gasteiger partial charge is 0.497 e. The van der Waals surface area contributed by atoms with E-state index in [0.717, 1.165) is 5.75 Å². The summed E-state index contributed by atoms with van der Waals surface area (Å²) in [5.41, 5.74) is 7.19. The SMILES string of the molecule is COc1ccc(C(CN)NC2CCCCCC2)cc1. The number of nitrogens with one attached hydrogen (secondary N) is 1. The van der Waals surface area contributed by atoms with Crippen molar-refractivity contribution in [2.75, 3.05) is 13.7 Å². The Morgan fingerprint density at radius 2 is 1.79 bits per heavy atom. The standard InChI is InChI=1S/C16H26N2O/c1-19-15-10-8-13(9-11-15)16(12-17)18-14-6-4-2-3-5-7-14/h8-11,14,16,18H,2-7,12,17H2,1H3. The summed E-state index contributed by atoms with van der Waals surface area (Å²) < 4.78 is 5.20. The third-order valence-corrected chi connectivity index (χ3v) is 4.05. The maximum Gasteiger partial charge on any atom is 0.118 e. The fourth-order valence-corrected chi connectivity index (χ4v) is 2.87. The van der Waals surface area contributed by atoms with E-state index in [0.29, 0.717) is 12.6 Å². The molecule has 106 valence electrons. The molecule has 3 N–H and O–H groups in total. The molecule has 1 aromatic rings. The molecule has 3 nitrogen and oxygen atoms in total. The van der Waals surface area contributed by atoms with E-state index in [2.05, 4.69) is 17.4 Å². The normalized spacial score (nSPS) is 18.8. The number of ether oxygens (including phenoxy) is 1. The van der Waals surface area contributed by atoms with Gasteiger partial charge in [0.1, 0.15) is 5.75 Å². The maximum atomic E-state index is 5.94. The second-order valence-electron chi connectivity index (χ2n) is 5.42. The summed E-state index contributed by atoms with van der Waals surface area (Å²) in [5.74, 6) is 0.897. The second-order valence-corrected chi connectivity index (χ2v) is 5.42.